The topological polar surface area (TPSA) is 57.7 Å². The van der Waals surface area contributed by atoms with Crippen molar-refractivity contribution in [2.75, 3.05) is 13.1 Å². The van der Waals surface area contributed by atoms with E-state index in [0.717, 1.165) is 15.0 Å². The van der Waals surface area contributed by atoms with Gasteiger partial charge in [-0.05, 0) is 18.8 Å². The Kier molecular flexibility index (Phi) is 4.20. The zero-order valence-corrected chi connectivity index (χ0v) is 11.3. The molecular weight excluding hydrogens is 252 g/mol. The second-order valence-corrected chi connectivity index (χ2v) is 6.47. The van der Waals surface area contributed by atoms with Crippen LogP contribution in [-0.4, -0.2) is 42.0 Å². The Morgan fingerprint density at radius 2 is 2.00 bits per heavy atom. The number of carbonyl (C=O) groups excluding carboxylic acids is 1. The van der Waals surface area contributed by atoms with E-state index in [4.69, 9.17) is 11.6 Å². The predicted molar refractivity (Wildman–Crippen MR) is 62.1 cm³/mol. The lowest BCUT2D eigenvalue weighted by molar-refractivity contribution is -0.127. The van der Waals surface area contributed by atoms with E-state index in [1.54, 1.807) is 0 Å². The molecule has 0 aromatic carbocycles. The molecule has 1 heterocycles. The maximum absolute atomic E-state index is 11.8. The van der Waals surface area contributed by atoms with Gasteiger partial charge in [0.15, 0.2) is 0 Å². The normalized spacial score (nSPS) is 25.7. The molecule has 94 valence electrons. The van der Waals surface area contributed by atoms with Gasteiger partial charge in [-0.2, -0.15) is 12.7 Å². The maximum Gasteiger partial charge on any atom is 0.307 e. The Balaban J connectivity index is 2.85. The van der Waals surface area contributed by atoms with Crippen molar-refractivity contribution in [1.82, 2.24) is 8.61 Å². The molecule has 1 rings (SSSR count). The molecule has 1 fully saturated rings. The van der Waals surface area contributed by atoms with E-state index < -0.39 is 22.2 Å². The number of hydrogen-bond donors (Lipinski definition) is 0. The summed E-state index contributed by atoms with van der Waals surface area (Å²) in [5.41, 5.74) is 0. The van der Waals surface area contributed by atoms with Crippen LogP contribution in [0.2, 0.25) is 0 Å². The average molecular weight is 269 g/mol. The highest BCUT2D eigenvalue weighted by Crippen LogP contribution is 2.26. The van der Waals surface area contributed by atoms with Gasteiger partial charge in [-0.15, -0.1) is 11.6 Å². The van der Waals surface area contributed by atoms with Gasteiger partial charge in [0.05, 0.1) is 0 Å². The van der Waals surface area contributed by atoms with E-state index in [1.807, 2.05) is 13.8 Å². The van der Waals surface area contributed by atoms with Crippen LogP contribution in [-0.2, 0) is 15.0 Å². The fourth-order valence-corrected chi connectivity index (χ4v) is 3.46. The maximum atomic E-state index is 11.8. The average Bonchev–Trinajstić information content (AvgIpc) is 2.32. The summed E-state index contributed by atoms with van der Waals surface area (Å²) < 4.78 is 25.3. The molecular formula is C9H17ClN2O3S. The largest absolute Gasteiger partial charge is 0.307 e. The van der Waals surface area contributed by atoms with Crippen molar-refractivity contribution in [3.05, 3.63) is 0 Å². The molecule has 7 heteroatoms. The first-order chi connectivity index (χ1) is 7.32. The lowest BCUT2D eigenvalue weighted by Crippen LogP contribution is -2.32. The van der Waals surface area contributed by atoms with Crippen LogP contribution < -0.4 is 0 Å². The minimum absolute atomic E-state index is 0.316. The van der Waals surface area contributed by atoms with Crippen molar-refractivity contribution in [2.45, 2.75) is 32.7 Å². The van der Waals surface area contributed by atoms with Gasteiger partial charge in [0.2, 0.25) is 0 Å². The molecule has 1 atom stereocenters. The molecule has 0 aromatic rings. The van der Waals surface area contributed by atoms with Crippen LogP contribution in [0.1, 0.15) is 26.7 Å². The molecule has 16 heavy (non-hydrogen) atoms. The van der Waals surface area contributed by atoms with Crippen LogP contribution in [0.4, 0.5) is 0 Å². The van der Waals surface area contributed by atoms with E-state index in [1.165, 1.54) is 7.05 Å². The Morgan fingerprint density at radius 1 is 1.44 bits per heavy atom. The van der Waals surface area contributed by atoms with Crippen LogP contribution in [0, 0.1) is 5.92 Å². The van der Waals surface area contributed by atoms with Gasteiger partial charge < -0.3 is 0 Å². The highest BCUT2D eigenvalue weighted by molar-refractivity contribution is 7.87. The summed E-state index contributed by atoms with van der Waals surface area (Å²) in [5.74, 6) is 0.0205. The molecule has 0 aromatic heterocycles. The van der Waals surface area contributed by atoms with E-state index >= 15 is 0 Å². The fourth-order valence-electron chi connectivity index (χ4n) is 1.67. The predicted octanol–water partition coefficient (Wildman–Crippen LogP) is 1.01. The standard InChI is InChI=1S/C9H17ClN2O3S/c1-7(2)4-5-8-9(13)12(6-10)16(14,15)11(8)3/h7-8H,4-6H2,1-3H3. The fraction of sp³-hybridized carbons (Fsp3) is 0.889. The summed E-state index contributed by atoms with van der Waals surface area (Å²) in [5, 5.41) is 0. The third kappa shape index (κ3) is 2.33. The third-order valence-corrected chi connectivity index (χ3v) is 4.97. The summed E-state index contributed by atoms with van der Waals surface area (Å²) in [4.78, 5) is 11.8. The van der Waals surface area contributed by atoms with Gasteiger partial charge in [-0.3, -0.25) is 4.79 Å². The van der Waals surface area contributed by atoms with Crippen LogP contribution in [0.15, 0.2) is 0 Å². The molecule has 5 nitrogen and oxygen atoms in total. The van der Waals surface area contributed by atoms with Crippen LogP contribution >= 0.6 is 11.6 Å². The van der Waals surface area contributed by atoms with Crippen LogP contribution in [0.5, 0.6) is 0 Å². The number of likely N-dealkylation sites (N-methyl/N-ethyl adjacent to an activating group) is 1. The minimum atomic E-state index is -3.68. The summed E-state index contributed by atoms with van der Waals surface area (Å²) in [6.45, 7) is 4.07. The number of amides is 1. The van der Waals surface area contributed by atoms with Gasteiger partial charge in [0.1, 0.15) is 12.0 Å². The van der Waals surface area contributed by atoms with Gasteiger partial charge in [0.25, 0.3) is 5.91 Å². The molecule has 0 radical (unpaired) electrons. The van der Waals surface area contributed by atoms with Gasteiger partial charge >= 0.3 is 10.2 Å². The molecule has 1 aliphatic heterocycles. The Morgan fingerprint density at radius 3 is 2.38 bits per heavy atom. The molecule has 0 saturated carbocycles. The second-order valence-electron chi connectivity index (χ2n) is 4.32. The lowest BCUT2D eigenvalue weighted by Gasteiger charge is -2.15. The van der Waals surface area contributed by atoms with E-state index in [9.17, 15) is 13.2 Å². The number of nitrogens with zero attached hydrogens (tertiary/aromatic N) is 2. The Hall–Kier alpha value is -0.330. The smallest absolute Gasteiger partial charge is 0.272 e. The first kappa shape index (κ1) is 13.7. The second kappa shape index (κ2) is 4.89. The molecule has 1 amide bonds. The van der Waals surface area contributed by atoms with Gasteiger partial charge in [-0.25, -0.2) is 4.31 Å². The first-order valence-corrected chi connectivity index (χ1v) is 7.11. The molecule has 1 saturated heterocycles. The van der Waals surface area contributed by atoms with E-state index in [0.29, 0.717) is 12.3 Å². The third-order valence-electron chi connectivity index (χ3n) is 2.74. The van der Waals surface area contributed by atoms with Crippen molar-refractivity contribution in [2.24, 2.45) is 5.92 Å². The number of carbonyl (C=O) groups is 1. The van der Waals surface area contributed by atoms with Crippen LogP contribution in [0.25, 0.3) is 0 Å². The molecule has 0 spiro atoms. The molecule has 0 bridgehead atoms. The van der Waals surface area contributed by atoms with Crippen molar-refractivity contribution < 1.29 is 13.2 Å². The highest BCUT2D eigenvalue weighted by Gasteiger charge is 2.47. The highest BCUT2D eigenvalue weighted by atomic mass is 35.5. The zero-order valence-electron chi connectivity index (χ0n) is 9.68. The molecule has 0 aliphatic carbocycles. The number of halogens is 1. The van der Waals surface area contributed by atoms with Crippen LogP contribution in [0.3, 0.4) is 0 Å². The first-order valence-electron chi connectivity index (χ1n) is 5.17. The molecule has 1 unspecified atom stereocenters. The number of hydrogen-bond acceptors (Lipinski definition) is 3. The molecule has 1 aliphatic rings. The van der Waals surface area contributed by atoms with E-state index in [2.05, 4.69) is 0 Å². The van der Waals surface area contributed by atoms with Crippen molar-refractivity contribution in [3.63, 3.8) is 0 Å². The zero-order chi connectivity index (χ0) is 12.5. The van der Waals surface area contributed by atoms with Gasteiger partial charge in [-0.1, -0.05) is 13.8 Å². The summed E-state index contributed by atoms with van der Waals surface area (Å²) in [7, 11) is -2.26. The van der Waals surface area contributed by atoms with Crippen molar-refractivity contribution in [1.29, 1.82) is 0 Å². The SMILES string of the molecule is CC(C)CCC1C(=O)N(CCl)S(=O)(=O)N1C. The molecule has 0 N–H and O–H groups in total. The minimum Gasteiger partial charge on any atom is -0.272 e. The van der Waals surface area contributed by atoms with Gasteiger partial charge in [0, 0.05) is 7.05 Å². The number of rotatable bonds is 4. The summed E-state index contributed by atoms with van der Waals surface area (Å²) in [6, 6.07) is -0.907. The van der Waals surface area contributed by atoms with Crippen molar-refractivity contribution >= 4 is 27.7 Å². The Labute approximate surface area is 102 Å². The Bertz CT molecular complexity index is 369. The summed E-state index contributed by atoms with van der Waals surface area (Å²) in [6.07, 6.45) is 1.35. The van der Waals surface area contributed by atoms with E-state index in [-0.39, 0.29) is 6.00 Å². The van der Waals surface area contributed by atoms with Crippen molar-refractivity contribution in [3.8, 4) is 0 Å². The monoisotopic (exact) mass is 268 g/mol. The quantitative estimate of drug-likeness (QED) is 0.565. The summed E-state index contributed by atoms with van der Waals surface area (Å²) >= 11 is 5.48. The number of alkyl halides is 1. The lowest BCUT2D eigenvalue weighted by atomic mass is 10.0.